The minimum Gasteiger partial charge on any atom is -0.497 e. The lowest BCUT2D eigenvalue weighted by atomic mass is 10.2. The van der Waals surface area contributed by atoms with E-state index in [9.17, 15) is 9.90 Å². The molecular weight excluding hydrogens is 334 g/mol. The summed E-state index contributed by atoms with van der Waals surface area (Å²) in [6.45, 7) is 1.30. The number of nitrogens with zero attached hydrogens (tertiary/aromatic N) is 3. The molecule has 138 valence electrons. The Hall–Kier alpha value is -2.87. The number of carbonyl (C=O) groups excluding carboxylic acids is 1. The predicted octanol–water partition coefficient (Wildman–Crippen LogP) is 1.16. The molecule has 3 rings (SSSR count). The summed E-state index contributed by atoms with van der Waals surface area (Å²) in [6, 6.07) is 7.60. The zero-order chi connectivity index (χ0) is 18.5. The van der Waals surface area contributed by atoms with Crippen LogP contribution in [0, 0.1) is 0 Å². The first-order chi connectivity index (χ1) is 12.6. The van der Waals surface area contributed by atoms with Gasteiger partial charge in [-0.1, -0.05) is 12.1 Å². The third kappa shape index (κ3) is 3.85. The molecule has 0 unspecified atom stereocenters. The molecule has 0 aliphatic carbocycles. The molecule has 1 fully saturated rings. The first-order valence-electron chi connectivity index (χ1n) is 8.53. The smallest absolute Gasteiger partial charge is 0.254 e. The third-order valence-electron chi connectivity index (χ3n) is 4.51. The first-order valence-corrected chi connectivity index (χ1v) is 8.53. The quantitative estimate of drug-likeness (QED) is 0.681. The van der Waals surface area contributed by atoms with Crippen LogP contribution in [0.2, 0.25) is 0 Å². The molecule has 1 aromatic heterocycles. The van der Waals surface area contributed by atoms with Crippen molar-refractivity contribution in [2.45, 2.75) is 25.4 Å². The lowest BCUT2D eigenvalue weighted by molar-refractivity contribution is 0.100. The standard InChI is InChI=1S/C18H23N5O3/c1-26-14-6-4-12(5-7-14)9-20-17-15(16(19)25)10-21-18(22-17)23-8-2-3-13(23)11-24/h4-7,10,13,24H,2-3,8-9,11H2,1H3,(H2,19,25)(H,20,21,22)/t13-/m0/s1. The lowest BCUT2D eigenvalue weighted by Crippen LogP contribution is -2.34. The SMILES string of the molecule is COc1ccc(CNc2nc(N3CCC[C@H]3CO)ncc2C(N)=O)cc1. The Morgan fingerprint density at radius 3 is 2.85 bits per heavy atom. The van der Waals surface area contributed by atoms with Gasteiger partial charge in [0.2, 0.25) is 5.95 Å². The van der Waals surface area contributed by atoms with Crippen molar-refractivity contribution < 1.29 is 14.6 Å². The van der Waals surface area contributed by atoms with Gasteiger partial charge in [0.25, 0.3) is 5.91 Å². The maximum atomic E-state index is 11.7. The highest BCUT2D eigenvalue weighted by molar-refractivity contribution is 5.97. The third-order valence-corrected chi connectivity index (χ3v) is 4.51. The second kappa shape index (κ2) is 8.01. The average Bonchev–Trinajstić information content (AvgIpc) is 3.15. The van der Waals surface area contributed by atoms with Crippen LogP contribution in [0.5, 0.6) is 5.75 Å². The summed E-state index contributed by atoms with van der Waals surface area (Å²) < 4.78 is 5.15. The number of anilines is 2. The summed E-state index contributed by atoms with van der Waals surface area (Å²) >= 11 is 0. The topological polar surface area (TPSA) is 114 Å². The zero-order valence-electron chi connectivity index (χ0n) is 14.7. The number of nitrogens with one attached hydrogen (secondary N) is 1. The molecule has 8 heteroatoms. The number of carbonyl (C=O) groups is 1. The van der Waals surface area contributed by atoms with Crippen LogP contribution in [0.25, 0.3) is 0 Å². The molecule has 2 heterocycles. The van der Waals surface area contributed by atoms with Crippen molar-refractivity contribution >= 4 is 17.7 Å². The van der Waals surface area contributed by atoms with Gasteiger partial charge in [0.05, 0.1) is 25.3 Å². The molecule has 1 aromatic carbocycles. The van der Waals surface area contributed by atoms with Crippen LogP contribution in [-0.4, -0.2) is 47.3 Å². The fourth-order valence-electron chi connectivity index (χ4n) is 3.04. The van der Waals surface area contributed by atoms with Crippen LogP contribution in [-0.2, 0) is 6.54 Å². The number of benzene rings is 1. The average molecular weight is 357 g/mol. The minimum atomic E-state index is -0.589. The fourth-order valence-corrected chi connectivity index (χ4v) is 3.04. The van der Waals surface area contributed by atoms with Crippen LogP contribution >= 0.6 is 0 Å². The number of rotatable bonds is 7. The van der Waals surface area contributed by atoms with Gasteiger partial charge < -0.3 is 25.8 Å². The molecule has 26 heavy (non-hydrogen) atoms. The highest BCUT2D eigenvalue weighted by Crippen LogP contribution is 2.24. The summed E-state index contributed by atoms with van der Waals surface area (Å²) in [6.07, 6.45) is 3.31. The van der Waals surface area contributed by atoms with Gasteiger partial charge in [0, 0.05) is 19.3 Å². The fraction of sp³-hybridized carbons (Fsp3) is 0.389. The second-order valence-electron chi connectivity index (χ2n) is 6.17. The van der Waals surface area contributed by atoms with E-state index in [2.05, 4.69) is 15.3 Å². The van der Waals surface area contributed by atoms with Crippen LogP contribution in [0.1, 0.15) is 28.8 Å². The van der Waals surface area contributed by atoms with Gasteiger partial charge in [-0.05, 0) is 30.5 Å². The second-order valence-corrected chi connectivity index (χ2v) is 6.17. The summed E-state index contributed by atoms with van der Waals surface area (Å²) in [4.78, 5) is 22.4. The van der Waals surface area contributed by atoms with Crippen molar-refractivity contribution in [1.29, 1.82) is 0 Å². The number of nitrogens with two attached hydrogens (primary N) is 1. The van der Waals surface area contributed by atoms with Crippen molar-refractivity contribution in [2.75, 3.05) is 30.5 Å². The van der Waals surface area contributed by atoms with E-state index in [0.29, 0.717) is 18.3 Å². The number of hydrogen-bond acceptors (Lipinski definition) is 7. The monoisotopic (exact) mass is 357 g/mol. The molecular formula is C18H23N5O3. The van der Waals surface area contributed by atoms with Crippen molar-refractivity contribution in [3.8, 4) is 5.75 Å². The molecule has 1 saturated heterocycles. The Kier molecular flexibility index (Phi) is 5.52. The first kappa shape index (κ1) is 17.9. The molecule has 0 spiro atoms. The Morgan fingerprint density at radius 1 is 1.42 bits per heavy atom. The molecule has 1 amide bonds. The maximum absolute atomic E-state index is 11.7. The number of aromatic nitrogens is 2. The molecule has 1 aliphatic heterocycles. The van der Waals surface area contributed by atoms with Crippen molar-refractivity contribution in [2.24, 2.45) is 5.73 Å². The van der Waals surface area contributed by atoms with Crippen LogP contribution in [0.4, 0.5) is 11.8 Å². The van der Waals surface area contributed by atoms with E-state index in [0.717, 1.165) is 30.7 Å². The van der Waals surface area contributed by atoms with Gasteiger partial charge in [0.1, 0.15) is 11.6 Å². The van der Waals surface area contributed by atoms with E-state index in [1.165, 1.54) is 6.20 Å². The van der Waals surface area contributed by atoms with Crippen molar-refractivity contribution in [3.63, 3.8) is 0 Å². The van der Waals surface area contributed by atoms with E-state index >= 15 is 0 Å². The van der Waals surface area contributed by atoms with Crippen molar-refractivity contribution in [3.05, 3.63) is 41.6 Å². The largest absolute Gasteiger partial charge is 0.497 e. The van der Waals surface area contributed by atoms with Crippen LogP contribution < -0.4 is 20.7 Å². The van der Waals surface area contributed by atoms with E-state index < -0.39 is 5.91 Å². The summed E-state index contributed by atoms with van der Waals surface area (Å²) in [7, 11) is 1.62. The summed E-state index contributed by atoms with van der Waals surface area (Å²) in [5.41, 5.74) is 6.70. The number of ether oxygens (including phenoxy) is 1. The summed E-state index contributed by atoms with van der Waals surface area (Å²) in [5.74, 6) is 1.07. The Balaban J connectivity index is 1.81. The number of aliphatic hydroxyl groups is 1. The molecule has 0 radical (unpaired) electrons. The van der Waals surface area contributed by atoms with E-state index in [4.69, 9.17) is 10.5 Å². The molecule has 8 nitrogen and oxygen atoms in total. The van der Waals surface area contributed by atoms with Gasteiger partial charge in [-0.2, -0.15) is 4.98 Å². The van der Waals surface area contributed by atoms with Gasteiger partial charge in [-0.15, -0.1) is 0 Å². The Morgan fingerprint density at radius 2 is 2.19 bits per heavy atom. The zero-order valence-corrected chi connectivity index (χ0v) is 14.7. The number of primary amides is 1. The molecule has 0 saturated carbocycles. The number of hydrogen-bond donors (Lipinski definition) is 3. The molecule has 0 bridgehead atoms. The van der Waals surface area contributed by atoms with Gasteiger partial charge in [-0.25, -0.2) is 4.98 Å². The number of methoxy groups -OCH3 is 1. The van der Waals surface area contributed by atoms with E-state index in [1.54, 1.807) is 7.11 Å². The van der Waals surface area contributed by atoms with E-state index in [-0.39, 0.29) is 18.2 Å². The van der Waals surface area contributed by atoms with Gasteiger partial charge in [-0.3, -0.25) is 4.79 Å². The molecule has 1 atom stereocenters. The number of amides is 1. The van der Waals surface area contributed by atoms with Gasteiger partial charge >= 0.3 is 0 Å². The van der Waals surface area contributed by atoms with Crippen molar-refractivity contribution in [1.82, 2.24) is 9.97 Å². The highest BCUT2D eigenvalue weighted by Gasteiger charge is 2.27. The Labute approximate surface area is 152 Å². The molecule has 1 aliphatic rings. The molecule has 2 aromatic rings. The Bertz CT molecular complexity index is 766. The van der Waals surface area contributed by atoms with Crippen LogP contribution in [0.15, 0.2) is 30.5 Å². The number of aliphatic hydroxyl groups excluding tert-OH is 1. The molecule has 4 N–H and O–H groups in total. The van der Waals surface area contributed by atoms with Gasteiger partial charge in [0.15, 0.2) is 0 Å². The predicted molar refractivity (Wildman–Crippen MR) is 98.3 cm³/mol. The lowest BCUT2D eigenvalue weighted by Gasteiger charge is -2.23. The normalized spacial score (nSPS) is 16.5. The summed E-state index contributed by atoms with van der Waals surface area (Å²) in [5, 5.41) is 12.7. The van der Waals surface area contributed by atoms with Crippen LogP contribution in [0.3, 0.4) is 0 Å². The maximum Gasteiger partial charge on any atom is 0.254 e. The highest BCUT2D eigenvalue weighted by atomic mass is 16.5. The minimum absolute atomic E-state index is 0.00358. The van der Waals surface area contributed by atoms with E-state index in [1.807, 2.05) is 29.2 Å².